The van der Waals surface area contributed by atoms with Crippen LogP contribution in [0.25, 0.3) is 0 Å². The SMILES string of the molecule is CCOC(=O)C(CC)(CC(C)CO)C(=O)OCC. The van der Waals surface area contributed by atoms with Crippen molar-refractivity contribution in [3.63, 3.8) is 0 Å². The van der Waals surface area contributed by atoms with Crippen LogP contribution in [0.5, 0.6) is 0 Å². The van der Waals surface area contributed by atoms with E-state index >= 15 is 0 Å². The number of hydrogen-bond acceptors (Lipinski definition) is 5. The second-order valence-corrected chi connectivity index (χ2v) is 4.37. The van der Waals surface area contributed by atoms with E-state index in [4.69, 9.17) is 14.6 Å². The Kier molecular flexibility index (Phi) is 7.59. The third-order valence-corrected chi connectivity index (χ3v) is 2.94. The highest BCUT2D eigenvalue weighted by Crippen LogP contribution is 2.33. The predicted octanol–water partition coefficient (Wildman–Crippen LogP) is 1.53. The molecule has 0 aliphatic rings. The zero-order valence-corrected chi connectivity index (χ0v) is 11.7. The average molecular weight is 260 g/mol. The van der Waals surface area contributed by atoms with Crippen LogP contribution in [0.4, 0.5) is 0 Å². The fourth-order valence-electron chi connectivity index (χ4n) is 1.88. The zero-order chi connectivity index (χ0) is 14.2. The third-order valence-electron chi connectivity index (χ3n) is 2.94. The van der Waals surface area contributed by atoms with Crippen LogP contribution in [0.2, 0.25) is 0 Å². The van der Waals surface area contributed by atoms with Crippen molar-refractivity contribution in [2.75, 3.05) is 19.8 Å². The Morgan fingerprint density at radius 3 is 1.83 bits per heavy atom. The molecule has 0 aromatic heterocycles. The number of carbonyl (C=O) groups excluding carboxylic acids is 2. The summed E-state index contributed by atoms with van der Waals surface area (Å²) in [4.78, 5) is 24.1. The van der Waals surface area contributed by atoms with Crippen molar-refractivity contribution in [1.29, 1.82) is 0 Å². The van der Waals surface area contributed by atoms with E-state index in [1.54, 1.807) is 27.7 Å². The van der Waals surface area contributed by atoms with E-state index in [-0.39, 0.29) is 32.2 Å². The smallest absolute Gasteiger partial charge is 0.323 e. The minimum atomic E-state index is -1.30. The lowest BCUT2D eigenvalue weighted by Gasteiger charge is -2.29. The molecule has 0 saturated carbocycles. The standard InChI is InChI=1S/C13H24O5/c1-5-13(8-10(4)9-14,11(15)17-6-2)12(16)18-7-3/h10,14H,5-9H2,1-4H3. The van der Waals surface area contributed by atoms with Gasteiger partial charge in [-0.05, 0) is 32.6 Å². The molecule has 106 valence electrons. The molecule has 0 aromatic rings. The summed E-state index contributed by atoms with van der Waals surface area (Å²) in [7, 11) is 0. The fourth-order valence-corrected chi connectivity index (χ4v) is 1.88. The van der Waals surface area contributed by atoms with Crippen LogP contribution < -0.4 is 0 Å². The number of carbonyl (C=O) groups is 2. The molecular weight excluding hydrogens is 236 g/mol. The van der Waals surface area contributed by atoms with Crippen molar-refractivity contribution >= 4 is 11.9 Å². The van der Waals surface area contributed by atoms with Gasteiger partial charge in [-0.3, -0.25) is 9.59 Å². The van der Waals surface area contributed by atoms with Gasteiger partial charge in [-0.2, -0.15) is 0 Å². The molecule has 0 aromatic carbocycles. The largest absolute Gasteiger partial charge is 0.465 e. The molecule has 0 saturated heterocycles. The normalized spacial score (nSPS) is 12.9. The van der Waals surface area contributed by atoms with Crippen molar-refractivity contribution in [2.24, 2.45) is 11.3 Å². The molecule has 0 aliphatic carbocycles. The minimum absolute atomic E-state index is 0.0828. The maximum absolute atomic E-state index is 12.1. The molecule has 0 fully saturated rings. The Balaban J connectivity index is 5.18. The first-order valence-corrected chi connectivity index (χ1v) is 6.43. The highest BCUT2D eigenvalue weighted by atomic mass is 16.6. The number of hydrogen-bond donors (Lipinski definition) is 1. The lowest BCUT2D eigenvalue weighted by Crippen LogP contribution is -2.43. The van der Waals surface area contributed by atoms with E-state index in [0.717, 1.165) is 0 Å². The summed E-state index contributed by atoms with van der Waals surface area (Å²) >= 11 is 0. The van der Waals surface area contributed by atoms with Gasteiger partial charge < -0.3 is 14.6 Å². The van der Waals surface area contributed by atoms with Gasteiger partial charge in [-0.25, -0.2) is 0 Å². The Morgan fingerprint density at radius 2 is 1.56 bits per heavy atom. The van der Waals surface area contributed by atoms with Crippen LogP contribution in [0.15, 0.2) is 0 Å². The van der Waals surface area contributed by atoms with E-state index in [9.17, 15) is 9.59 Å². The number of rotatable bonds is 8. The van der Waals surface area contributed by atoms with Crippen LogP contribution in [-0.2, 0) is 19.1 Å². The highest BCUT2D eigenvalue weighted by Gasteiger charge is 2.47. The van der Waals surface area contributed by atoms with Gasteiger partial charge in [0.15, 0.2) is 5.41 Å². The van der Waals surface area contributed by atoms with Crippen molar-refractivity contribution in [3.05, 3.63) is 0 Å². The maximum atomic E-state index is 12.1. The quantitative estimate of drug-likeness (QED) is 0.529. The molecule has 0 amide bonds. The summed E-state index contributed by atoms with van der Waals surface area (Å²) in [5.74, 6) is -1.30. The van der Waals surface area contributed by atoms with Crippen molar-refractivity contribution < 1.29 is 24.2 Å². The molecule has 0 radical (unpaired) electrons. The van der Waals surface area contributed by atoms with Gasteiger partial charge in [0.1, 0.15) is 0 Å². The van der Waals surface area contributed by atoms with E-state index in [2.05, 4.69) is 0 Å². The number of ether oxygens (including phenoxy) is 2. The second-order valence-electron chi connectivity index (χ2n) is 4.37. The van der Waals surface area contributed by atoms with Gasteiger partial charge in [-0.15, -0.1) is 0 Å². The van der Waals surface area contributed by atoms with Crippen LogP contribution in [-0.4, -0.2) is 36.9 Å². The van der Waals surface area contributed by atoms with Gasteiger partial charge in [0.25, 0.3) is 0 Å². The van der Waals surface area contributed by atoms with Gasteiger partial charge in [0.05, 0.1) is 13.2 Å². The first kappa shape index (κ1) is 16.9. The highest BCUT2D eigenvalue weighted by molar-refractivity contribution is 6.00. The number of esters is 2. The van der Waals surface area contributed by atoms with Gasteiger partial charge in [-0.1, -0.05) is 13.8 Å². The molecule has 0 rings (SSSR count). The van der Waals surface area contributed by atoms with Gasteiger partial charge in [0, 0.05) is 6.61 Å². The third kappa shape index (κ3) is 3.98. The number of aliphatic hydroxyl groups is 1. The van der Waals surface area contributed by atoms with Crippen LogP contribution in [0.1, 0.15) is 40.5 Å². The minimum Gasteiger partial charge on any atom is -0.465 e. The van der Waals surface area contributed by atoms with E-state index in [0.29, 0.717) is 6.42 Å². The maximum Gasteiger partial charge on any atom is 0.323 e. The molecular formula is C13H24O5. The average Bonchev–Trinajstić information content (AvgIpc) is 2.36. The monoisotopic (exact) mass is 260 g/mol. The van der Waals surface area contributed by atoms with Gasteiger partial charge in [0.2, 0.25) is 0 Å². The first-order chi connectivity index (χ1) is 8.48. The molecule has 5 heteroatoms. The molecule has 5 nitrogen and oxygen atoms in total. The molecule has 0 heterocycles. The summed E-state index contributed by atoms with van der Waals surface area (Å²) in [6.07, 6.45) is 0.534. The van der Waals surface area contributed by atoms with Crippen LogP contribution in [0, 0.1) is 11.3 Å². The van der Waals surface area contributed by atoms with Crippen molar-refractivity contribution in [3.8, 4) is 0 Å². The summed E-state index contributed by atoms with van der Waals surface area (Å²) in [6, 6.07) is 0. The van der Waals surface area contributed by atoms with Crippen LogP contribution in [0.3, 0.4) is 0 Å². The van der Waals surface area contributed by atoms with Crippen LogP contribution >= 0.6 is 0 Å². The molecule has 1 unspecified atom stereocenters. The number of aliphatic hydroxyl groups excluding tert-OH is 1. The summed E-state index contributed by atoms with van der Waals surface area (Å²) in [5.41, 5.74) is -1.30. The summed E-state index contributed by atoms with van der Waals surface area (Å²) in [6.45, 7) is 7.26. The lowest BCUT2D eigenvalue weighted by atomic mass is 9.77. The molecule has 18 heavy (non-hydrogen) atoms. The molecule has 0 aliphatic heterocycles. The fraction of sp³-hybridized carbons (Fsp3) is 0.846. The van der Waals surface area contributed by atoms with E-state index in [1.807, 2.05) is 0 Å². The van der Waals surface area contributed by atoms with Crippen molar-refractivity contribution in [2.45, 2.75) is 40.5 Å². The Hall–Kier alpha value is -1.10. The molecule has 0 spiro atoms. The Labute approximate surface area is 108 Å². The Morgan fingerprint density at radius 1 is 1.11 bits per heavy atom. The second kappa shape index (κ2) is 8.08. The van der Waals surface area contributed by atoms with Gasteiger partial charge >= 0.3 is 11.9 Å². The topological polar surface area (TPSA) is 72.8 Å². The zero-order valence-electron chi connectivity index (χ0n) is 11.7. The lowest BCUT2D eigenvalue weighted by molar-refractivity contribution is -0.174. The molecule has 1 atom stereocenters. The van der Waals surface area contributed by atoms with E-state index in [1.165, 1.54) is 0 Å². The summed E-state index contributed by atoms with van der Waals surface area (Å²) in [5, 5.41) is 9.11. The van der Waals surface area contributed by atoms with Crippen molar-refractivity contribution in [1.82, 2.24) is 0 Å². The van der Waals surface area contributed by atoms with E-state index < -0.39 is 17.4 Å². The molecule has 0 bridgehead atoms. The summed E-state index contributed by atoms with van der Waals surface area (Å²) < 4.78 is 9.98. The predicted molar refractivity (Wildman–Crippen MR) is 66.9 cm³/mol. The first-order valence-electron chi connectivity index (χ1n) is 6.43. The molecule has 1 N–H and O–H groups in total. The Bertz CT molecular complexity index is 257.